The summed E-state index contributed by atoms with van der Waals surface area (Å²) in [6.45, 7) is 7.97. The fourth-order valence-electron chi connectivity index (χ4n) is 3.13. The summed E-state index contributed by atoms with van der Waals surface area (Å²) in [7, 11) is 0. The van der Waals surface area contributed by atoms with Gasteiger partial charge in [-0.15, -0.1) is 0 Å². The molecule has 0 bridgehead atoms. The Kier molecular flexibility index (Phi) is 5.92. The minimum Gasteiger partial charge on any atom is -0.508 e. The topological polar surface area (TPSA) is 70.7 Å². The third-order valence-corrected chi connectivity index (χ3v) is 4.78. The lowest BCUT2D eigenvalue weighted by atomic mass is 10.0. The zero-order chi connectivity index (χ0) is 21.1. The summed E-state index contributed by atoms with van der Waals surface area (Å²) in [4.78, 5) is 12.7. The van der Waals surface area contributed by atoms with Crippen LogP contribution in [0.5, 0.6) is 11.5 Å². The molecule has 1 aromatic heterocycles. The predicted molar refractivity (Wildman–Crippen MR) is 118 cm³/mol. The molecule has 0 aliphatic carbocycles. The fraction of sp³-hybridized carbons (Fsp3) is 0.240. The van der Waals surface area contributed by atoms with Gasteiger partial charge in [-0.05, 0) is 76.4 Å². The predicted octanol–water partition coefficient (Wildman–Crippen LogP) is 5.89. The second-order valence-corrected chi connectivity index (χ2v) is 7.73. The van der Waals surface area contributed by atoms with Gasteiger partial charge in [-0.25, -0.2) is 0 Å². The van der Waals surface area contributed by atoms with E-state index < -0.39 is 0 Å². The summed E-state index contributed by atoms with van der Waals surface area (Å²) in [6.07, 6.45) is 5.08. The van der Waals surface area contributed by atoms with Crippen molar-refractivity contribution in [3.8, 4) is 22.8 Å². The highest BCUT2D eigenvalue weighted by Gasteiger charge is 2.14. The lowest BCUT2D eigenvalue weighted by Gasteiger charge is -2.10. The second kappa shape index (κ2) is 8.39. The first-order chi connectivity index (χ1) is 13.8. The maximum absolute atomic E-state index is 12.7. The summed E-state index contributed by atoms with van der Waals surface area (Å²) < 4.78 is 6.11. The van der Waals surface area contributed by atoms with Crippen molar-refractivity contribution in [1.82, 2.24) is 0 Å². The van der Waals surface area contributed by atoms with Gasteiger partial charge in [0.1, 0.15) is 22.8 Å². The normalized spacial score (nSPS) is 10.8. The van der Waals surface area contributed by atoms with Gasteiger partial charge in [0.25, 0.3) is 0 Å². The monoisotopic (exact) mass is 390 g/mol. The third kappa shape index (κ3) is 4.60. The first-order valence-corrected chi connectivity index (χ1v) is 9.64. The van der Waals surface area contributed by atoms with E-state index in [2.05, 4.69) is 0 Å². The van der Waals surface area contributed by atoms with Gasteiger partial charge in [-0.3, -0.25) is 4.79 Å². The van der Waals surface area contributed by atoms with Crippen LogP contribution in [0.1, 0.15) is 38.8 Å². The molecule has 0 aliphatic heterocycles. The molecule has 0 saturated carbocycles. The van der Waals surface area contributed by atoms with Gasteiger partial charge in [0, 0.05) is 17.2 Å². The Bertz CT molecular complexity index is 1170. The van der Waals surface area contributed by atoms with Gasteiger partial charge in [0.05, 0.1) is 5.39 Å². The standard InChI is InChI=1S/C25H26O4/c1-15(2)5-7-17-13-18(8-11-21(17)26)24-14-23(28)20-10-12-22(27)19(25(20)29-24)9-6-16(3)4/h5-6,8,10-14,26-27H,7,9H2,1-4H3. The Hall–Kier alpha value is -3.27. The van der Waals surface area contributed by atoms with Crippen molar-refractivity contribution in [1.29, 1.82) is 0 Å². The minimum absolute atomic E-state index is 0.102. The van der Waals surface area contributed by atoms with Crippen LogP contribution in [-0.4, -0.2) is 10.2 Å². The first-order valence-electron chi connectivity index (χ1n) is 9.64. The van der Waals surface area contributed by atoms with Crippen LogP contribution in [0.3, 0.4) is 0 Å². The van der Waals surface area contributed by atoms with Crippen molar-refractivity contribution in [3.05, 3.63) is 81.0 Å². The molecule has 2 aromatic carbocycles. The number of aromatic hydroxyl groups is 2. The molecule has 0 amide bonds. The smallest absolute Gasteiger partial charge is 0.193 e. The summed E-state index contributed by atoms with van der Waals surface area (Å²) in [5.41, 5.74) is 4.55. The van der Waals surface area contributed by atoms with Crippen LogP contribution < -0.4 is 5.43 Å². The van der Waals surface area contributed by atoms with E-state index in [1.54, 1.807) is 18.2 Å². The molecule has 0 saturated heterocycles. The molecule has 0 radical (unpaired) electrons. The van der Waals surface area contributed by atoms with Crippen molar-refractivity contribution < 1.29 is 14.6 Å². The van der Waals surface area contributed by atoms with Crippen LogP contribution in [-0.2, 0) is 12.8 Å². The quantitative estimate of drug-likeness (QED) is 0.533. The molecule has 4 heteroatoms. The molecule has 0 unspecified atom stereocenters. The van der Waals surface area contributed by atoms with Crippen molar-refractivity contribution in [2.45, 2.75) is 40.5 Å². The molecule has 2 N–H and O–H groups in total. The maximum atomic E-state index is 12.7. The van der Waals surface area contributed by atoms with Crippen LogP contribution in [0.25, 0.3) is 22.3 Å². The van der Waals surface area contributed by atoms with Crippen LogP contribution >= 0.6 is 0 Å². The largest absolute Gasteiger partial charge is 0.508 e. The molecule has 0 aliphatic rings. The van der Waals surface area contributed by atoms with E-state index in [0.717, 1.165) is 16.7 Å². The van der Waals surface area contributed by atoms with Gasteiger partial charge < -0.3 is 14.6 Å². The third-order valence-electron chi connectivity index (χ3n) is 4.78. The molecular weight excluding hydrogens is 364 g/mol. The Morgan fingerprint density at radius 3 is 2.24 bits per heavy atom. The number of fused-ring (bicyclic) bond motifs is 1. The number of benzene rings is 2. The fourth-order valence-corrected chi connectivity index (χ4v) is 3.13. The molecule has 0 fully saturated rings. The number of phenolic OH excluding ortho intramolecular Hbond substituents is 2. The summed E-state index contributed by atoms with van der Waals surface area (Å²) >= 11 is 0. The van der Waals surface area contributed by atoms with Gasteiger partial charge in [0.2, 0.25) is 0 Å². The molecular formula is C25H26O4. The molecule has 0 atom stereocenters. The highest BCUT2D eigenvalue weighted by Crippen LogP contribution is 2.32. The molecule has 0 spiro atoms. The molecule has 3 aromatic rings. The number of allylic oxidation sites excluding steroid dienone is 4. The van der Waals surface area contributed by atoms with Gasteiger partial charge >= 0.3 is 0 Å². The SMILES string of the molecule is CC(C)=CCc1cc(-c2cc(=O)c3ccc(O)c(CC=C(C)C)c3o2)ccc1O. The van der Waals surface area contributed by atoms with Crippen molar-refractivity contribution >= 4 is 11.0 Å². The summed E-state index contributed by atoms with van der Waals surface area (Å²) in [5.74, 6) is 0.714. The lowest BCUT2D eigenvalue weighted by Crippen LogP contribution is -2.02. The van der Waals surface area contributed by atoms with Crippen molar-refractivity contribution in [3.63, 3.8) is 0 Å². The number of hydrogen-bond donors (Lipinski definition) is 2. The van der Waals surface area contributed by atoms with Gasteiger partial charge in [-0.1, -0.05) is 23.3 Å². The average molecular weight is 390 g/mol. The summed E-state index contributed by atoms with van der Waals surface area (Å²) in [5, 5.41) is 20.9. The van der Waals surface area contributed by atoms with E-state index >= 15 is 0 Å². The van der Waals surface area contributed by atoms with Crippen LogP contribution in [0, 0.1) is 0 Å². The molecule has 4 nitrogen and oxygen atoms in total. The molecule has 150 valence electrons. The van der Waals surface area contributed by atoms with E-state index in [-0.39, 0.29) is 16.9 Å². The van der Waals surface area contributed by atoms with Crippen LogP contribution in [0.4, 0.5) is 0 Å². The van der Waals surface area contributed by atoms with Gasteiger partial charge in [0.15, 0.2) is 5.43 Å². The van der Waals surface area contributed by atoms with Gasteiger partial charge in [-0.2, -0.15) is 0 Å². The zero-order valence-electron chi connectivity index (χ0n) is 17.2. The molecule has 3 rings (SSSR count). The number of rotatable bonds is 5. The van der Waals surface area contributed by atoms with E-state index in [1.807, 2.05) is 45.9 Å². The maximum Gasteiger partial charge on any atom is 0.193 e. The van der Waals surface area contributed by atoms with E-state index in [4.69, 9.17) is 4.42 Å². The van der Waals surface area contributed by atoms with Crippen LogP contribution in [0.2, 0.25) is 0 Å². The average Bonchev–Trinajstić information content (AvgIpc) is 2.66. The Morgan fingerprint density at radius 1 is 0.897 bits per heavy atom. The van der Waals surface area contributed by atoms with E-state index in [0.29, 0.717) is 40.7 Å². The Balaban J connectivity index is 2.17. The highest BCUT2D eigenvalue weighted by atomic mass is 16.3. The van der Waals surface area contributed by atoms with Crippen LogP contribution in [0.15, 0.2) is 68.9 Å². The number of phenols is 2. The highest BCUT2D eigenvalue weighted by molar-refractivity contribution is 5.84. The minimum atomic E-state index is -0.168. The van der Waals surface area contributed by atoms with E-state index in [1.165, 1.54) is 12.1 Å². The van der Waals surface area contributed by atoms with Crippen molar-refractivity contribution in [2.24, 2.45) is 0 Å². The second-order valence-electron chi connectivity index (χ2n) is 7.73. The summed E-state index contributed by atoms with van der Waals surface area (Å²) in [6, 6.07) is 9.75. The zero-order valence-corrected chi connectivity index (χ0v) is 17.2. The number of hydrogen-bond acceptors (Lipinski definition) is 4. The molecule has 29 heavy (non-hydrogen) atoms. The Labute approximate surface area is 170 Å². The Morgan fingerprint density at radius 2 is 1.55 bits per heavy atom. The lowest BCUT2D eigenvalue weighted by molar-refractivity contribution is 0.468. The van der Waals surface area contributed by atoms with Crippen molar-refractivity contribution in [2.75, 3.05) is 0 Å². The first kappa shape index (κ1) is 20.5. The molecule has 1 heterocycles. The van der Waals surface area contributed by atoms with E-state index in [9.17, 15) is 15.0 Å².